The summed E-state index contributed by atoms with van der Waals surface area (Å²) in [6.45, 7) is 2.86. The van der Waals surface area contributed by atoms with Gasteiger partial charge in [-0.15, -0.1) is 11.3 Å². The Kier molecular flexibility index (Phi) is 4.87. The van der Waals surface area contributed by atoms with Crippen LogP contribution in [0.5, 0.6) is 0 Å². The lowest BCUT2D eigenvalue weighted by molar-refractivity contribution is -0.131. The van der Waals surface area contributed by atoms with Crippen LogP contribution in [0.25, 0.3) is 0 Å². The summed E-state index contributed by atoms with van der Waals surface area (Å²) in [5.41, 5.74) is 9.55. The normalized spacial score (nSPS) is 12.2. The first-order valence-electron chi connectivity index (χ1n) is 6.52. The molecule has 2 N–H and O–H groups in total. The maximum Gasteiger partial charge on any atom is 0.231 e. The molecule has 0 bridgehead atoms. The van der Waals surface area contributed by atoms with E-state index < -0.39 is 0 Å². The number of likely N-dealkylation sites (N-methyl/N-ethyl adjacent to an activating group) is 1. The van der Waals surface area contributed by atoms with E-state index in [0.29, 0.717) is 13.1 Å². The van der Waals surface area contributed by atoms with Crippen molar-refractivity contribution in [3.8, 4) is 0 Å². The average Bonchev–Trinajstić information content (AvgIpc) is 2.86. The molecule has 0 spiro atoms. The Morgan fingerprint density at radius 1 is 1.40 bits per heavy atom. The Morgan fingerprint density at radius 3 is 2.65 bits per heavy atom. The van der Waals surface area contributed by atoms with Crippen LogP contribution in [-0.2, 0) is 11.3 Å². The Hall–Kier alpha value is -1.72. The number of nitrogens with two attached hydrogens (primary N) is 1. The topological polar surface area (TPSA) is 59.2 Å². The minimum absolute atomic E-state index is 0.0477. The molecule has 106 valence electrons. The smallest absolute Gasteiger partial charge is 0.231 e. The summed E-state index contributed by atoms with van der Waals surface area (Å²) in [7, 11) is 1.81. The van der Waals surface area contributed by atoms with Gasteiger partial charge in [0.2, 0.25) is 5.91 Å². The largest absolute Gasteiger partial charge is 0.340 e. The van der Waals surface area contributed by atoms with E-state index in [1.807, 2.05) is 44.3 Å². The minimum Gasteiger partial charge on any atom is -0.340 e. The van der Waals surface area contributed by atoms with Crippen LogP contribution < -0.4 is 5.73 Å². The van der Waals surface area contributed by atoms with Crippen molar-refractivity contribution in [1.82, 2.24) is 9.88 Å². The molecule has 20 heavy (non-hydrogen) atoms. The molecule has 1 unspecified atom stereocenters. The maximum atomic E-state index is 12.5. The quantitative estimate of drug-likeness (QED) is 0.917. The van der Waals surface area contributed by atoms with Crippen molar-refractivity contribution in [2.45, 2.75) is 19.4 Å². The lowest BCUT2D eigenvalue weighted by Gasteiger charge is -2.23. The van der Waals surface area contributed by atoms with Gasteiger partial charge in [-0.05, 0) is 12.5 Å². The van der Waals surface area contributed by atoms with E-state index >= 15 is 0 Å². The monoisotopic (exact) mass is 289 g/mol. The molecule has 5 heteroatoms. The van der Waals surface area contributed by atoms with Gasteiger partial charge < -0.3 is 10.6 Å². The molecule has 1 aromatic carbocycles. The number of rotatable bonds is 5. The molecule has 1 amide bonds. The van der Waals surface area contributed by atoms with Crippen LogP contribution in [0.4, 0.5) is 0 Å². The van der Waals surface area contributed by atoms with E-state index in [2.05, 4.69) is 4.98 Å². The van der Waals surface area contributed by atoms with E-state index in [-0.39, 0.29) is 11.8 Å². The van der Waals surface area contributed by atoms with Gasteiger partial charge in [-0.1, -0.05) is 30.3 Å². The molecule has 2 rings (SSSR count). The Morgan fingerprint density at radius 2 is 2.10 bits per heavy atom. The summed E-state index contributed by atoms with van der Waals surface area (Å²) in [6.07, 6.45) is 0. The van der Waals surface area contributed by atoms with Crippen molar-refractivity contribution in [2.24, 2.45) is 5.73 Å². The first kappa shape index (κ1) is 14.7. The summed E-state index contributed by atoms with van der Waals surface area (Å²) in [6, 6.07) is 9.69. The van der Waals surface area contributed by atoms with Gasteiger partial charge in [0.25, 0.3) is 0 Å². The zero-order chi connectivity index (χ0) is 14.5. The lowest BCUT2D eigenvalue weighted by atomic mass is 9.98. The van der Waals surface area contributed by atoms with Crippen molar-refractivity contribution < 1.29 is 4.79 Å². The fourth-order valence-electron chi connectivity index (χ4n) is 2.10. The third-order valence-electron chi connectivity index (χ3n) is 3.34. The Balaban J connectivity index is 2.11. The van der Waals surface area contributed by atoms with Crippen LogP contribution in [0.1, 0.15) is 22.1 Å². The molecule has 0 aliphatic rings. The first-order chi connectivity index (χ1) is 9.63. The van der Waals surface area contributed by atoms with E-state index in [4.69, 9.17) is 5.73 Å². The number of hydrogen-bond donors (Lipinski definition) is 1. The number of nitrogens with zero attached hydrogens (tertiary/aromatic N) is 2. The number of amides is 1. The Labute approximate surface area is 123 Å². The van der Waals surface area contributed by atoms with Crippen molar-refractivity contribution in [1.29, 1.82) is 0 Å². The zero-order valence-electron chi connectivity index (χ0n) is 11.7. The lowest BCUT2D eigenvalue weighted by Crippen LogP contribution is -2.34. The number of thiazole rings is 1. The SMILES string of the molecule is Cc1ncsc1CN(C)C(=O)C(CN)c1ccccc1. The third kappa shape index (κ3) is 3.23. The highest BCUT2D eigenvalue weighted by molar-refractivity contribution is 7.09. The van der Waals surface area contributed by atoms with Crippen molar-refractivity contribution >= 4 is 17.2 Å². The molecule has 0 aliphatic heterocycles. The molecule has 4 nitrogen and oxygen atoms in total. The van der Waals surface area contributed by atoms with Gasteiger partial charge in [0.1, 0.15) is 0 Å². The van der Waals surface area contributed by atoms with Gasteiger partial charge in [0, 0.05) is 18.5 Å². The molecule has 0 radical (unpaired) electrons. The summed E-state index contributed by atoms with van der Waals surface area (Å²) in [5.74, 6) is -0.235. The predicted octanol–water partition coefficient (Wildman–Crippen LogP) is 2.15. The predicted molar refractivity (Wildman–Crippen MR) is 81.6 cm³/mol. The van der Waals surface area contributed by atoms with E-state index in [1.54, 1.807) is 21.7 Å². The zero-order valence-corrected chi connectivity index (χ0v) is 12.6. The second-order valence-electron chi connectivity index (χ2n) is 4.75. The molecular weight excluding hydrogens is 270 g/mol. The fraction of sp³-hybridized carbons (Fsp3) is 0.333. The number of aryl methyl sites for hydroxylation is 1. The van der Waals surface area contributed by atoms with Gasteiger partial charge >= 0.3 is 0 Å². The second kappa shape index (κ2) is 6.63. The maximum absolute atomic E-state index is 12.5. The second-order valence-corrected chi connectivity index (χ2v) is 5.69. The van der Waals surface area contributed by atoms with Crippen LogP contribution in [0.15, 0.2) is 35.8 Å². The number of hydrogen-bond acceptors (Lipinski definition) is 4. The highest BCUT2D eigenvalue weighted by atomic mass is 32.1. The molecule has 0 fully saturated rings. The van der Waals surface area contributed by atoms with Crippen LogP contribution in [0.3, 0.4) is 0 Å². The highest BCUT2D eigenvalue weighted by Crippen LogP contribution is 2.20. The summed E-state index contributed by atoms with van der Waals surface area (Å²) >= 11 is 1.57. The summed E-state index contributed by atoms with van der Waals surface area (Å²) < 4.78 is 0. The third-order valence-corrected chi connectivity index (χ3v) is 4.26. The number of carbonyl (C=O) groups is 1. The standard InChI is InChI=1S/C15H19N3OS/c1-11-14(20-10-17-11)9-18(2)15(19)13(8-16)12-6-4-3-5-7-12/h3-7,10,13H,8-9,16H2,1-2H3. The highest BCUT2D eigenvalue weighted by Gasteiger charge is 2.23. The molecule has 0 saturated carbocycles. The van der Waals surface area contributed by atoms with Crippen LogP contribution in [0.2, 0.25) is 0 Å². The van der Waals surface area contributed by atoms with Gasteiger partial charge in [-0.3, -0.25) is 4.79 Å². The molecule has 1 atom stereocenters. The molecular formula is C15H19N3OS. The van der Waals surface area contributed by atoms with Gasteiger partial charge in [-0.2, -0.15) is 0 Å². The van der Waals surface area contributed by atoms with E-state index in [0.717, 1.165) is 16.1 Å². The molecule has 1 heterocycles. The van der Waals surface area contributed by atoms with Gasteiger partial charge in [-0.25, -0.2) is 4.98 Å². The van der Waals surface area contributed by atoms with Crippen molar-refractivity contribution in [2.75, 3.05) is 13.6 Å². The molecule has 1 aromatic heterocycles. The fourth-order valence-corrected chi connectivity index (χ4v) is 2.93. The van der Waals surface area contributed by atoms with Crippen LogP contribution >= 0.6 is 11.3 Å². The van der Waals surface area contributed by atoms with Crippen molar-refractivity contribution in [3.63, 3.8) is 0 Å². The van der Waals surface area contributed by atoms with Gasteiger partial charge in [0.05, 0.1) is 23.7 Å². The summed E-state index contributed by atoms with van der Waals surface area (Å²) in [5, 5.41) is 0. The van der Waals surface area contributed by atoms with Crippen LogP contribution in [0, 0.1) is 6.92 Å². The summed E-state index contributed by atoms with van der Waals surface area (Å²) in [4.78, 5) is 19.6. The van der Waals surface area contributed by atoms with Crippen LogP contribution in [-0.4, -0.2) is 29.4 Å². The molecule has 0 aliphatic carbocycles. The Bertz CT molecular complexity index is 568. The number of aromatic nitrogens is 1. The minimum atomic E-state index is -0.283. The van der Waals surface area contributed by atoms with E-state index in [1.165, 1.54) is 0 Å². The molecule has 2 aromatic rings. The van der Waals surface area contributed by atoms with Crippen molar-refractivity contribution in [3.05, 3.63) is 52.0 Å². The average molecular weight is 289 g/mol. The number of carbonyl (C=O) groups excluding carboxylic acids is 1. The molecule has 0 saturated heterocycles. The van der Waals surface area contributed by atoms with Gasteiger partial charge in [0.15, 0.2) is 0 Å². The first-order valence-corrected chi connectivity index (χ1v) is 7.40. The number of benzene rings is 1. The van der Waals surface area contributed by atoms with E-state index in [9.17, 15) is 4.79 Å².